The summed E-state index contributed by atoms with van der Waals surface area (Å²) in [6.07, 6.45) is 1.12. The SMILES string of the molecule is O=C1C(=O)N(Cc2ncon2)c2c(Br)cc(F)cc21. The van der Waals surface area contributed by atoms with Crippen LogP contribution in [-0.4, -0.2) is 21.8 Å². The summed E-state index contributed by atoms with van der Waals surface area (Å²) < 4.78 is 18.2. The number of anilines is 1. The van der Waals surface area contributed by atoms with Crippen LogP contribution < -0.4 is 4.90 Å². The van der Waals surface area contributed by atoms with Crippen LogP contribution >= 0.6 is 15.9 Å². The molecule has 0 atom stereocenters. The van der Waals surface area contributed by atoms with Gasteiger partial charge in [0.2, 0.25) is 6.39 Å². The fourth-order valence-electron chi connectivity index (χ4n) is 1.91. The highest BCUT2D eigenvalue weighted by Gasteiger charge is 2.38. The third-order valence-corrected chi connectivity index (χ3v) is 3.29. The summed E-state index contributed by atoms with van der Waals surface area (Å²) in [5.74, 6) is -1.83. The van der Waals surface area contributed by atoms with Crippen LogP contribution in [0, 0.1) is 5.82 Å². The van der Waals surface area contributed by atoms with E-state index in [2.05, 4.69) is 30.6 Å². The van der Waals surface area contributed by atoms with Crippen molar-refractivity contribution < 1.29 is 18.5 Å². The lowest BCUT2D eigenvalue weighted by Crippen LogP contribution is -2.29. The molecule has 1 aromatic heterocycles. The summed E-state index contributed by atoms with van der Waals surface area (Å²) in [7, 11) is 0. The number of nitrogens with zero attached hydrogens (tertiary/aromatic N) is 3. The van der Waals surface area contributed by atoms with Crippen LogP contribution in [0.5, 0.6) is 0 Å². The molecule has 0 unspecified atom stereocenters. The van der Waals surface area contributed by atoms with Gasteiger partial charge in [-0.15, -0.1) is 0 Å². The lowest BCUT2D eigenvalue weighted by molar-refractivity contribution is -0.114. The van der Waals surface area contributed by atoms with Crippen molar-refractivity contribution in [1.82, 2.24) is 10.1 Å². The van der Waals surface area contributed by atoms with Gasteiger partial charge < -0.3 is 4.52 Å². The maximum Gasteiger partial charge on any atom is 0.299 e. The zero-order chi connectivity index (χ0) is 13.6. The molecule has 3 rings (SSSR count). The molecule has 0 radical (unpaired) electrons. The minimum Gasteiger partial charge on any atom is -0.343 e. The Bertz CT molecular complexity index is 687. The van der Waals surface area contributed by atoms with Crippen molar-refractivity contribution in [3.63, 3.8) is 0 Å². The number of aromatic nitrogens is 2. The van der Waals surface area contributed by atoms with Crippen LogP contribution in [0.25, 0.3) is 0 Å². The van der Waals surface area contributed by atoms with Crippen LogP contribution in [0.1, 0.15) is 16.2 Å². The average molecular weight is 326 g/mol. The summed E-state index contributed by atoms with van der Waals surface area (Å²) in [4.78, 5) is 28.7. The van der Waals surface area contributed by atoms with Gasteiger partial charge in [0.05, 0.1) is 17.8 Å². The van der Waals surface area contributed by atoms with Crippen LogP contribution in [-0.2, 0) is 11.3 Å². The minimum atomic E-state index is -0.751. The number of carbonyl (C=O) groups is 2. The van der Waals surface area contributed by atoms with E-state index in [1.165, 1.54) is 11.0 Å². The third kappa shape index (κ3) is 1.84. The fraction of sp³-hybridized carbons (Fsp3) is 0.0909. The molecule has 0 bridgehead atoms. The van der Waals surface area contributed by atoms with Crippen molar-refractivity contribution >= 4 is 33.3 Å². The molecule has 0 N–H and O–H groups in total. The average Bonchev–Trinajstić information content (AvgIpc) is 2.93. The summed E-state index contributed by atoms with van der Waals surface area (Å²) in [6.45, 7) is -0.0156. The Morgan fingerprint density at radius 2 is 2.16 bits per heavy atom. The Morgan fingerprint density at radius 3 is 2.84 bits per heavy atom. The van der Waals surface area contributed by atoms with Crippen molar-refractivity contribution in [3.05, 3.63) is 40.2 Å². The van der Waals surface area contributed by atoms with Gasteiger partial charge in [0.15, 0.2) is 5.82 Å². The molecule has 19 heavy (non-hydrogen) atoms. The van der Waals surface area contributed by atoms with Gasteiger partial charge in [-0.3, -0.25) is 14.5 Å². The predicted molar refractivity (Wildman–Crippen MR) is 63.9 cm³/mol. The highest BCUT2D eigenvalue weighted by atomic mass is 79.9. The first-order chi connectivity index (χ1) is 9.08. The smallest absolute Gasteiger partial charge is 0.299 e. The molecule has 6 nitrogen and oxygen atoms in total. The highest BCUT2D eigenvalue weighted by Crippen LogP contribution is 2.37. The molecule has 0 aliphatic carbocycles. The van der Waals surface area contributed by atoms with Crippen molar-refractivity contribution in [2.75, 3.05) is 4.90 Å². The van der Waals surface area contributed by atoms with E-state index in [0.717, 1.165) is 12.5 Å². The first-order valence-electron chi connectivity index (χ1n) is 5.18. The second-order valence-electron chi connectivity index (χ2n) is 3.85. The first-order valence-corrected chi connectivity index (χ1v) is 5.97. The molecule has 1 aliphatic heterocycles. The van der Waals surface area contributed by atoms with Gasteiger partial charge in [-0.25, -0.2) is 4.39 Å². The van der Waals surface area contributed by atoms with Gasteiger partial charge in [-0.2, -0.15) is 4.98 Å². The van der Waals surface area contributed by atoms with Crippen LogP contribution in [0.15, 0.2) is 27.5 Å². The van der Waals surface area contributed by atoms with E-state index >= 15 is 0 Å². The second-order valence-corrected chi connectivity index (χ2v) is 4.71. The third-order valence-electron chi connectivity index (χ3n) is 2.69. The van der Waals surface area contributed by atoms with Gasteiger partial charge in [-0.05, 0) is 28.1 Å². The Kier molecular flexibility index (Phi) is 2.67. The fourth-order valence-corrected chi connectivity index (χ4v) is 2.55. The van der Waals surface area contributed by atoms with Crippen LogP contribution in [0.3, 0.4) is 0 Å². The molecular formula is C11H5BrFN3O3. The number of halogens is 2. The Balaban J connectivity index is 2.09. The summed E-state index contributed by atoms with van der Waals surface area (Å²) in [5.41, 5.74) is 0.349. The molecule has 0 spiro atoms. The zero-order valence-electron chi connectivity index (χ0n) is 9.26. The zero-order valence-corrected chi connectivity index (χ0v) is 10.8. The molecule has 0 fully saturated rings. The van der Waals surface area contributed by atoms with E-state index in [-0.39, 0.29) is 17.9 Å². The number of hydrogen-bond acceptors (Lipinski definition) is 5. The number of ketones is 1. The Morgan fingerprint density at radius 1 is 1.37 bits per heavy atom. The van der Waals surface area contributed by atoms with Crippen molar-refractivity contribution in [2.24, 2.45) is 0 Å². The summed E-state index contributed by atoms with van der Waals surface area (Å²) in [6, 6.07) is 2.23. The second kappa shape index (κ2) is 4.23. The standard InChI is InChI=1S/C11H5BrFN3O3/c12-7-2-5(13)1-6-9(7)16(11(18)10(6)17)3-8-14-4-19-15-8/h1-2,4H,3H2. The molecule has 1 aliphatic rings. The topological polar surface area (TPSA) is 76.3 Å². The number of rotatable bonds is 2. The van der Waals surface area contributed by atoms with Gasteiger partial charge in [0.25, 0.3) is 11.7 Å². The lowest BCUT2D eigenvalue weighted by atomic mass is 10.1. The van der Waals surface area contributed by atoms with E-state index in [1.807, 2.05) is 0 Å². The number of amides is 1. The monoisotopic (exact) mass is 325 g/mol. The van der Waals surface area contributed by atoms with Crippen molar-refractivity contribution in [3.8, 4) is 0 Å². The molecule has 1 amide bonds. The predicted octanol–water partition coefficient (Wildman–Crippen LogP) is 1.70. The normalized spacial score (nSPS) is 14.1. The van der Waals surface area contributed by atoms with Crippen LogP contribution in [0.4, 0.5) is 10.1 Å². The Hall–Kier alpha value is -2.09. The van der Waals surface area contributed by atoms with E-state index in [9.17, 15) is 14.0 Å². The van der Waals surface area contributed by atoms with Gasteiger partial charge in [0.1, 0.15) is 5.82 Å². The molecule has 0 saturated carbocycles. The van der Waals surface area contributed by atoms with E-state index < -0.39 is 17.5 Å². The molecule has 1 aromatic carbocycles. The van der Waals surface area contributed by atoms with Crippen LogP contribution in [0.2, 0.25) is 0 Å². The number of Topliss-reactive ketones (excluding diaryl/α,β-unsaturated/α-hetero) is 1. The minimum absolute atomic E-state index is 0.0156. The molecule has 96 valence electrons. The largest absolute Gasteiger partial charge is 0.343 e. The van der Waals surface area contributed by atoms with Gasteiger partial charge in [0, 0.05) is 4.47 Å². The Labute approximate surface area is 114 Å². The van der Waals surface area contributed by atoms with Gasteiger partial charge in [-0.1, -0.05) is 5.16 Å². The van der Waals surface area contributed by atoms with E-state index in [1.54, 1.807) is 0 Å². The maximum absolute atomic E-state index is 13.3. The van der Waals surface area contributed by atoms with E-state index in [0.29, 0.717) is 10.2 Å². The van der Waals surface area contributed by atoms with Crippen molar-refractivity contribution in [2.45, 2.75) is 6.54 Å². The number of hydrogen-bond donors (Lipinski definition) is 0. The maximum atomic E-state index is 13.3. The molecule has 2 aromatic rings. The summed E-state index contributed by atoms with van der Waals surface area (Å²) in [5, 5.41) is 3.58. The summed E-state index contributed by atoms with van der Waals surface area (Å²) >= 11 is 3.15. The number of carbonyl (C=O) groups excluding carboxylic acids is 2. The number of benzene rings is 1. The van der Waals surface area contributed by atoms with Gasteiger partial charge >= 0.3 is 0 Å². The highest BCUT2D eigenvalue weighted by molar-refractivity contribution is 9.10. The molecular weight excluding hydrogens is 321 g/mol. The molecule has 2 heterocycles. The molecule has 8 heteroatoms. The quantitative estimate of drug-likeness (QED) is 0.785. The number of fused-ring (bicyclic) bond motifs is 1. The van der Waals surface area contributed by atoms with E-state index in [4.69, 9.17) is 0 Å². The lowest BCUT2D eigenvalue weighted by Gasteiger charge is -2.15. The molecule has 0 saturated heterocycles. The van der Waals surface area contributed by atoms with Crippen molar-refractivity contribution in [1.29, 1.82) is 0 Å². The first kappa shape index (κ1) is 12.0.